The lowest BCUT2D eigenvalue weighted by molar-refractivity contribution is 0.481. The Morgan fingerprint density at radius 1 is 1.12 bits per heavy atom. The van der Waals surface area contributed by atoms with E-state index >= 15 is 0 Å². The third kappa shape index (κ3) is 2.42. The van der Waals surface area contributed by atoms with Crippen LogP contribution >= 0.6 is 0 Å². The van der Waals surface area contributed by atoms with E-state index in [-0.39, 0.29) is 0 Å². The predicted octanol–water partition coefficient (Wildman–Crippen LogP) is 3.02. The molecule has 0 aliphatic heterocycles. The van der Waals surface area contributed by atoms with Gasteiger partial charge < -0.3 is 4.74 Å². The average Bonchev–Trinajstić information content (AvgIpc) is 2.40. The average molecular weight is 219 g/mol. The summed E-state index contributed by atoms with van der Waals surface area (Å²) in [5.41, 5.74) is 0.779. The van der Waals surface area contributed by atoms with Gasteiger partial charge in [0.25, 0.3) is 0 Å². The fourth-order valence-corrected chi connectivity index (χ4v) is 1.34. The maximum atomic E-state index is 8.97. The van der Waals surface area contributed by atoms with Crippen LogP contribution < -0.4 is 4.74 Å². The van der Waals surface area contributed by atoms with Gasteiger partial charge in [0.15, 0.2) is 0 Å². The zero-order valence-corrected chi connectivity index (χ0v) is 8.84. The number of hydrogen-bond acceptors (Lipinski definition) is 3. The zero-order valence-electron chi connectivity index (χ0n) is 8.84. The van der Waals surface area contributed by atoms with E-state index < -0.39 is 0 Å². The molecule has 0 spiro atoms. The fraction of sp³-hybridized carbons (Fsp3) is 0. The third-order valence-corrected chi connectivity index (χ3v) is 2.14. The molecule has 0 amide bonds. The van der Waals surface area contributed by atoms with Crippen molar-refractivity contribution in [2.45, 2.75) is 0 Å². The molecule has 0 saturated carbocycles. The summed E-state index contributed by atoms with van der Waals surface area (Å²) in [7, 11) is 0. The Morgan fingerprint density at radius 2 is 2.00 bits per heavy atom. The zero-order chi connectivity index (χ0) is 12.1. The second-order valence-corrected chi connectivity index (χ2v) is 3.28. The van der Waals surface area contributed by atoms with Crippen molar-refractivity contribution in [2.24, 2.45) is 0 Å². The molecule has 79 valence electrons. The molecule has 0 aliphatic rings. The highest BCUT2D eigenvalue weighted by Gasteiger charge is 2.05. The first-order valence-electron chi connectivity index (χ1n) is 4.91. The van der Waals surface area contributed by atoms with Crippen molar-refractivity contribution in [3.05, 3.63) is 59.7 Å². The quantitative estimate of drug-likeness (QED) is 0.780. The van der Waals surface area contributed by atoms with Gasteiger partial charge in [-0.2, -0.15) is 10.5 Å². The molecule has 0 fully saturated rings. The van der Waals surface area contributed by atoms with E-state index in [4.69, 9.17) is 15.3 Å². The van der Waals surface area contributed by atoms with Crippen LogP contribution in [0.5, 0.6) is 11.5 Å². The van der Waals surface area contributed by atoms with E-state index in [0.29, 0.717) is 22.6 Å². The molecule has 2 rings (SSSR count). The highest BCUT2D eigenvalue weighted by atomic mass is 16.5. The molecular formula is C14H7N2O. The number of rotatable bonds is 2. The van der Waals surface area contributed by atoms with E-state index in [1.807, 2.05) is 12.1 Å². The van der Waals surface area contributed by atoms with Gasteiger partial charge in [0.2, 0.25) is 0 Å². The summed E-state index contributed by atoms with van der Waals surface area (Å²) in [5.74, 6) is 1.04. The van der Waals surface area contributed by atoms with E-state index in [2.05, 4.69) is 6.07 Å². The highest BCUT2D eigenvalue weighted by Crippen LogP contribution is 2.25. The fourth-order valence-electron chi connectivity index (χ4n) is 1.34. The van der Waals surface area contributed by atoms with E-state index in [1.165, 1.54) is 6.07 Å². The van der Waals surface area contributed by atoms with Gasteiger partial charge in [0.1, 0.15) is 17.6 Å². The Hall–Kier alpha value is -2.78. The molecule has 17 heavy (non-hydrogen) atoms. The minimum atomic E-state index is 0.341. The predicted molar refractivity (Wildman–Crippen MR) is 61.2 cm³/mol. The Bertz CT molecular complexity index is 606. The van der Waals surface area contributed by atoms with Gasteiger partial charge in [-0.1, -0.05) is 12.1 Å². The number of nitrogens with zero attached hydrogens (tertiary/aromatic N) is 2. The van der Waals surface area contributed by atoms with Crippen molar-refractivity contribution in [3.8, 4) is 23.6 Å². The largest absolute Gasteiger partial charge is 0.456 e. The summed E-state index contributed by atoms with van der Waals surface area (Å²) in [4.78, 5) is 0. The van der Waals surface area contributed by atoms with Crippen LogP contribution in [0.3, 0.4) is 0 Å². The topological polar surface area (TPSA) is 56.8 Å². The van der Waals surface area contributed by atoms with Gasteiger partial charge in [-0.25, -0.2) is 0 Å². The molecule has 0 aliphatic carbocycles. The number of hydrogen-bond donors (Lipinski definition) is 0. The molecule has 0 unspecified atom stereocenters. The monoisotopic (exact) mass is 219 g/mol. The van der Waals surface area contributed by atoms with Gasteiger partial charge in [0.05, 0.1) is 17.2 Å². The summed E-state index contributed by atoms with van der Waals surface area (Å²) in [6.45, 7) is 0. The van der Waals surface area contributed by atoms with Gasteiger partial charge in [-0.05, 0) is 36.4 Å². The molecule has 0 bridgehead atoms. The molecule has 0 atom stereocenters. The maximum absolute atomic E-state index is 8.97. The van der Waals surface area contributed by atoms with Gasteiger partial charge in [0, 0.05) is 0 Å². The van der Waals surface area contributed by atoms with Crippen molar-refractivity contribution < 1.29 is 4.74 Å². The summed E-state index contributed by atoms with van der Waals surface area (Å²) < 4.78 is 5.54. The highest BCUT2D eigenvalue weighted by molar-refractivity contribution is 5.49. The molecule has 2 aromatic rings. The van der Waals surface area contributed by atoms with Crippen LogP contribution in [0.4, 0.5) is 0 Å². The lowest BCUT2D eigenvalue weighted by atomic mass is 10.1. The molecular weight excluding hydrogens is 212 g/mol. The van der Waals surface area contributed by atoms with Crippen molar-refractivity contribution in [1.29, 1.82) is 10.5 Å². The SMILES string of the molecule is N#Cc1ccc(Oc2c[c]ccc2)c(C#N)c1. The minimum Gasteiger partial charge on any atom is -0.456 e. The summed E-state index contributed by atoms with van der Waals surface area (Å²) in [6.07, 6.45) is 0. The van der Waals surface area contributed by atoms with Crippen LogP contribution in [-0.4, -0.2) is 0 Å². The van der Waals surface area contributed by atoms with Crippen LogP contribution in [0, 0.1) is 28.7 Å². The summed E-state index contributed by atoms with van der Waals surface area (Å²) >= 11 is 0. The summed E-state index contributed by atoms with van der Waals surface area (Å²) in [6, 6.07) is 18.6. The van der Waals surface area contributed by atoms with Crippen LogP contribution in [0.25, 0.3) is 0 Å². The maximum Gasteiger partial charge on any atom is 0.145 e. The Balaban J connectivity index is 2.35. The van der Waals surface area contributed by atoms with Crippen molar-refractivity contribution in [2.75, 3.05) is 0 Å². The molecule has 0 saturated heterocycles. The molecule has 3 nitrogen and oxygen atoms in total. The molecule has 0 aromatic heterocycles. The Labute approximate surface area is 99.1 Å². The second-order valence-electron chi connectivity index (χ2n) is 3.28. The van der Waals surface area contributed by atoms with Crippen LogP contribution in [0.2, 0.25) is 0 Å². The molecule has 2 aromatic carbocycles. The number of nitriles is 2. The van der Waals surface area contributed by atoms with Gasteiger partial charge in [-0.3, -0.25) is 0 Å². The van der Waals surface area contributed by atoms with E-state index in [0.717, 1.165) is 0 Å². The first-order chi connectivity index (χ1) is 8.33. The smallest absolute Gasteiger partial charge is 0.145 e. The molecule has 0 N–H and O–H groups in total. The van der Waals surface area contributed by atoms with Crippen molar-refractivity contribution in [1.82, 2.24) is 0 Å². The number of benzene rings is 2. The third-order valence-electron chi connectivity index (χ3n) is 2.14. The lowest BCUT2D eigenvalue weighted by Gasteiger charge is -2.06. The van der Waals surface area contributed by atoms with Crippen LogP contribution in [0.15, 0.2) is 42.5 Å². The minimum absolute atomic E-state index is 0.341. The standard InChI is InChI=1S/C14H7N2O/c15-9-11-6-7-14(12(8-11)10-16)17-13-4-2-1-3-5-13/h1-2,4-8H. The lowest BCUT2D eigenvalue weighted by Crippen LogP contribution is -1.89. The number of ether oxygens (including phenoxy) is 1. The molecule has 0 heterocycles. The first-order valence-corrected chi connectivity index (χ1v) is 4.91. The van der Waals surface area contributed by atoms with E-state index in [1.54, 1.807) is 36.4 Å². The second kappa shape index (κ2) is 4.83. The molecule has 3 heteroatoms. The van der Waals surface area contributed by atoms with Crippen LogP contribution in [-0.2, 0) is 0 Å². The molecule has 1 radical (unpaired) electrons. The van der Waals surface area contributed by atoms with Gasteiger partial charge in [-0.15, -0.1) is 0 Å². The Morgan fingerprint density at radius 3 is 2.65 bits per heavy atom. The Kier molecular flexibility index (Phi) is 3.05. The van der Waals surface area contributed by atoms with E-state index in [9.17, 15) is 0 Å². The van der Waals surface area contributed by atoms with Crippen LogP contribution in [0.1, 0.15) is 11.1 Å². The summed E-state index contributed by atoms with van der Waals surface area (Å²) in [5, 5.41) is 17.7. The van der Waals surface area contributed by atoms with Crippen molar-refractivity contribution >= 4 is 0 Å². The van der Waals surface area contributed by atoms with Gasteiger partial charge >= 0.3 is 0 Å². The first kappa shape index (κ1) is 10.7. The normalized spacial score (nSPS) is 9.06. The van der Waals surface area contributed by atoms with Crippen molar-refractivity contribution in [3.63, 3.8) is 0 Å².